The molecule has 0 spiro atoms. The second-order valence-corrected chi connectivity index (χ2v) is 3.71. The third-order valence-corrected chi connectivity index (χ3v) is 2.29. The molecule has 0 radical (unpaired) electrons. The number of hydrogen-bond acceptors (Lipinski definition) is 6. The van der Waals surface area contributed by atoms with Crippen LogP contribution < -0.4 is 14.8 Å². The zero-order valence-electron chi connectivity index (χ0n) is 11.6. The predicted molar refractivity (Wildman–Crippen MR) is 71.0 cm³/mol. The molecule has 7 heteroatoms. The van der Waals surface area contributed by atoms with Gasteiger partial charge in [0.25, 0.3) is 5.91 Å². The first-order valence-corrected chi connectivity index (χ1v) is 5.77. The van der Waals surface area contributed by atoms with Gasteiger partial charge in [0.05, 0.1) is 14.2 Å². The number of ether oxygens (including phenoxy) is 4. The molecule has 0 fully saturated rings. The molecule has 0 aromatic heterocycles. The van der Waals surface area contributed by atoms with E-state index in [9.17, 15) is 9.59 Å². The SMILES string of the molecule is COCC(=O)OCC(=O)Nc1ccc(OC)c(OC)c1. The number of hydrogen-bond donors (Lipinski definition) is 1. The Morgan fingerprint density at radius 3 is 2.35 bits per heavy atom. The topological polar surface area (TPSA) is 83.1 Å². The summed E-state index contributed by atoms with van der Waals surface area (Å²) >= 11 is 0. The Labute approximate surface area is 116 Å². The van der Waals surface area contributed by atoms with E-state index in [0.717, 1.165) is 0 Å². The van der Waals surface area contributed by atoms with Crippen LogP contribution in [0.15, 0.2) is 18.2 Å². The average Bonchev–Trinajstić information content (AvgIpc) is 2.45. The van der Waals surface area contributed by atoms with Gasteiger partial charge in [-0.25, -0.2) is 4.79 Å². The molecule has 0 heterocycles. The number of carbonyl (C=O) groups excluding carboxylic acids is 2. The van der Waals surface area contributed by atoms with Crippen LogP contribution in [-0.2, 0) is 19.1 Å². The van der Waals surface area contributed by atoms with Gasteiger partial charge in [-0.05, 0) is 12.1 Å². The van der Waals surface area contributed by atoms with Crippen molar-refractivity contribution in [1.82, 2.24) is 0 Å². The molecule has 1 rings (SSSR count). The van der Waals surface area contributed by atoms with E-state index in [2.05, 4.69) is 14.8 Å². The highest BCUT2D eigenvalue weighted by Crippen LogP contribution is 2.29. The minimum Gasteiger partial charge on any atom is -0.493 e. The Bertz CT molecular complexity index is 474. The first-order valence-electron chi connectivity index (χ1n) is 5.77. The van der Waals surface area contributed by atoms with Gasteiger partial charge >= 0.3 is 5.97 Å². The molecule has 110 valence electrons. The average molecular weight is 283 g/mol. The van der Waals surface area contributed by atoms with Crippen molar-refractivity contribution < 1.29 is 28.5 Å². The van der Waals surface area contributed by atoms with E-state index in [1.54, 1.807) is 18.2 Å². The molecule has 0 unspecified atom stereocenters. The van der Waals surface area contributed by atoms with Crippen molar-refractivity contribution in [2.45, 2.75) is 0 Å². The summed E-state index contributed by atoms with van der Waals surface area (Å²) in [5.41, 5.74) is 0.510. The Kier molecular flexibility index (Phi) is 6.31. The predicted octanol–water partition coefficient (Wildman–Crippen LogP) is 0.832. The standard InChI is InChI=1S/C13H17NO6/c1-17-8-13(16)20-7-12(15)14-9-4-5-10(18-2)11(6-9)19-3/h4-6H,7-8H2,1-3H3,(H,14,15). The van der Waals surface area contributed by atoms with Crippen LogP contribution in [0.4, 0.5) is 5.69 Å². The summed E-state index contributed by atoms with van der Waals surface area (Å²) in [5.74, 6) is -0.0182. The molecule has 0 bridgehead atoms. The Balaban J connectivity index is 2.55. The van der Waals surface area contributed by atoms with E-state index in [1.165, 1.54) is 21.3 Å². The number of methoxy groups -OCH3 is 3. The molecule has 0 saturated heterocycles. The molecule has 1 aromatic rings. The minimum absolute atomic E-state index is 0.191. The molecule has 0 saturated carbocycles. The van der Waals surface area contributed by atoms with Gasteiger partial charge in [-0.1, -0.05) is 0 Å². The van der Waals surface area contributed by atoms with Crippen LogP contribution in [0, 0.1) is 0 Å². The fraction of sp³-hybridized carbons (Fsp3) is 0.385. The minimum atomic E-state index is -0.602. The van der Waals surface area contributed by atoms with E-state index in [-0.39, 0.29) is 13.2 Å². The maximum Gasteiger partial charge on any atom is 0.332 e. The third-order valence-electron chi connectivity index (χ3n) is 2.29. The summed E-state index contributed by atoms with van der Waals surface area (Å²) in [6.45, 7) is -0.569. The van der Waals surface area contributed by atoms with E-state index >= 15 is 0 Å². The lowest BCUT2D eigenvalue weighted by Crippen LogP contribution is -2.22. The van der Waals surface area contributed by atoms with Crippen LogP contribution in [0.5, 0.6) is 11.5 Å². The third kappa shape index (κ3) is 4.77. The van der Waals surface area contributed by atoms with Crippen LogP contribution in [0.2, 0.25) is 0 Å². The lowest BCUT2D eigenvalue weighted by Gasteiger charge is -2.10. The molecule has 0 aliphatic carbocycles. The molecule has 20 heavy (non-hydrogen) atoms. The van der Waals surface area contributed by atoms with Gasteiger partial charge in [-0.3, -0.25) is 4.79 Å². The maximum atomic E-state index is 11.6. The van der Waals surface area contributed by atoms with Gasteiger partial charge in [0.1, 0.15) is 6.61 Å². The zero-order chi connectivity index (χ0) is 15.0. The summed E-state index contributed by atoms with van der Waals surface area (Å²) in [6.07, 6.45) is 0. The summed E-state index contributed by atoms with van der Waals surface area (Å²) in [7, 11) is 4.38. The first-order chi connectivity index (χ1) is 9.60. The normalized spacial score (nSPS) is 9.75. The van der Waals surface area contributed by atoms with E-state index in [0.29, 0.717) is 17.2 Å². The Morgan fingerprint density at radius 2 is 1.75 bits per heavy atom. The fourth-order valence-corrected chi connectivity index (χ4v) is 1.42. The van der Waals surface area contributed by atoms with Crippen molar-refractivity contribution in [1.29, 1.82) is 0 Å². The first kappa shape index (κ1) is 15.8. The van der Waals surface area contributed by atoms with Crippen molar-refractivity contribution in [3.63, 3.8) is 0 Å². The lowest BCUT2D eigenvalue weighted by molar-refractivity contribution is -0.150. The smallest absolute Gasteiger partial charge is 0.332 e. The second-order valence-electron chi connectivity index (χ2n) is 3.71. The molecule has 0 atom stereocenters. The van der Waals surface area contributed by atoms with Gasteiger partial charge in [0.15, 0.2) is 18.1 Å². The maximum absolute atomic E-state index is 11.6. The number of rotatable bonds is 7. The number of amides is 1. The molecule has 7 nitrogen and oxygen atoms in total. The van der Waals surface area contributed by atoms with Gasteiger partial charge in [-0.15, -0.1) is 0 Å². The number of esters is 1. The molecule has 0 aliphatic heterocycles. The molecular weight excluding hydrogens is 266 g/mol. The summed E-state index contributed by atoms with van der Waals surface area (Å²) in [6, 6.07) is 4.91. The van der Waals surface area contributed by atoms with Crippen molar-refractivity contribution in [3.8, 4) is 11.5 Å². The number of nitrogens with one attached hydrogen (secondary N) is 1. The largest absolute Gasteiger partial charge is 0.493 e. The van der Waals surface area contributed by atoms with Crippen molar-refractivity contribution in [2.75, 3.05) is 39.9 Å². The van der Waals surface area contributed by atoms with E-state index < -0.39 is 11.9 Å². The number of carbonyl (C=O) groups is 2. The zero-order valence-corrected chi connectivity index (χ0v) is 11.6. The monoisotopic (exact) mass is 283 g/mol. The fourth-order valence-electron chi connectivity index (χ4n) is 1.42. The summed E-state index contributed by atoms with van der Waals surface area (Å²) in [5, 5.41) is 2.57. The summed E-state index contributed by atoms with van der Waals surface area (Å²) in [4.78, 5) is 22.6. The molecule has 1 aromatic carbocycles. The number of anilines is 1. The molecule has 1 N–H and O–H groups in total. The van der Waals surface area contributed by atoms with Crippen LogP contribution in [-0.4, -0.2) is 46.4 Å². The highest BCUT2D eigenvalue weighted by molar-refractivity contribution is 5.93. The van der Waals surface area contributed by atoms with Crippen molar-refractivity contribution >= 4 is 17.6 Å². The second kappa shape index (κ2) is 8.00. The van der Waals surface area contributed by atoms with Crippen LogP contribution in [0.25, 0.3) is 0 Å². The highest BCUT2D eigenvalue weighted by Gasteiger charge is 2.09. The van der Waals surface area contributed by atoms with Crippen LogP contribution >= 0.6 is 0 Å². The van der Waals surface area contributed by atoms with Crippen LogP contribution in [0.3, 0.4) is 0 Å². The van der Waals surface area contributed by atoms with E-state index in [4.69, 9.17) is 9.47 Å². The quantitative estimate of drug-likeness (QED) is 0.746. The van der Waals surface area contributed by atoms with Crippen molar-refractivity contribution in [3.05, 3.63) is 18.2 Å². The Morgan fingerprint density at radius 1 is 1.05 bits per heavy atom. The van der Waals surface area contributed by atoms with Gasteiger partial charge in [-0.2, -0.15) is 0 Å². The lowest BCUT2D eigenvalue weighted by atomic mass is 10.2. The molecule has 1 amide bonds. The highest BCUT2D eigenvalue weighted by atomic mass is 16.6. The van der Waals surface area contributed by atoms with Gasteiger partial charge < -0.3 is 24.3 Å². The molecular formula is C13H17NO6. The number of benzene rings is 1. The van der Waals surface area contributed by atoms with Crippen molar-refractivity contribution in [2.24, 2.45) is 0 Å². The Hall–Kier alpha value is -2.28. The summed E-state index contributed by atoms with van der Waals surface area (Å²) < 4.78 is 19.5. The molecule has 0 aliphatic rings. The van der Waals surface area contributed by atoms with Gasteiger partial charge in [0.2, 0.25) is 0 Å². The van der Waals surface area contributed by atoms with Crippen LogP contribution in [0.1, 0.15) is 0 Å². The van der Waals surface area contributed by atoms with E-state index in [1.807, 2.05) is 0 Å². The van der Waals surface area contributed by atoms with Gasteiger partial charge in [0, 0.05) is 18.9 Å².